The summed E-state index contributed by atoms with van der Waals surface area (Å²) < 4.78 is 5.80. The van der Waals surface area contributed by atoms with Gasteiger partial charge in [-0.15, -0.1) is 11.8 Å². The van der Waals surface area contributed by atoms with E-state index in [0.29, 0.717) is 28.3 Å². The molecule has 19 heavy (non-hydrogen) atoms. The largest absolute Gasteiger partial charge is 0.491 e. The summed E-state index contributed by atoms with van der Waals surface area (Å²) >= 11 is 7.95. The monoisotopic (exact) mass is 291 g/mol. The second-order valence-electron chi connectivity index (χ2n) is 4.55. The minimum absolute atomic E-state index is 0.440. The topological polar surface area (TPSA) is 35.2 Å². The van der Waals surface area contributed by atoms with Crippen LogP contribution in [0.1, 0.15) is 5.56 Å². The summed E-state index contributed by atoms with van der Waals surface area (Å²) in [5, 5.41) is 1.05. The molecule has 1 unspecified atom stereocenters. The van der Waals surface area contributed by atoms with Gasteiger partial charge in [0.1, 0.15) is 12.4 Å². The quantitative estimate of drug-likeness (QED) is 0.868. The molecule has 0 saturated carbocycles. The predicted octanol–water partition coefficient (Wildman–Crippen LogP) is 4.02. The Hall–Kier alpha value is -1.32. The van der Waals surface area contributed by atoms with Crippen molar-refractivity contribution in [1.82, 2.24) is 0 Å². The van der Waals surface area contributed by atoms with E-state index in [2.05, 4.69) is 24.3 Å². The maximum Gasteiger partial charge on any atom is 0.139 e. The number of thioether (sulfide) groups is 1. The molecular weight excluding hydrogens is 278 g/mol. The summed E-state index contributed by atoms with van der Waals surface area (Å²) in [6.45, 7) is 0.641. The van der Waals surface area contributed by atoms with E-state index in [1.807, 2.05) is 11.8 Å². The second kappa shape index (κ2) is 5.35. The van der Waals surface area contributed by atoms with Crippen LogP contribution in [-0.4, -0.2) is 11.9 Å². The number of anilines is 1. The molecule has 4 heteroatoms. The van der Waals surface area contributed by atoms with Crippen LogP contribution < -0.4 is 10.5 Å². The SMILES string of the molecule is Nc1ccc(Cl)c(OCC2Cc3ccccc3S2)c1. The van der Waals surface area contributed by atoms with E-state index in [1.165, 1.54) is 10.5 Å². The summed E-state index contributed by atoms with van der Waals surface area (Å²) in [6, 6.07) is 13.8. The number of ether oxygens (including phenoxy) is 1. The fourth-order valence-electron chi connectivity index (χ4n) is 2.16. The predicted molar refractivity (Wildman–Crippen MR) is 81.2 cm³/mol. The number of halogens is 1. The standard InChI is InChI=1S/C15H14ClNOS/c16-13-6-5-11(17)8-14(13)18-9-12-7-10-3-1-2-4-15(10)19-12/h1-6,8,12H,7,9,17H2. The second-order valence-corrected chi connectivity index (χ2v) is 6.30. The maximum atomic E-state index is 6.08. The molecule has 0 saturated heterocycles. The van der Waals surface area contributed by atoms with Gasteiger partial charge in [0.15, 0.2) is 0 Å². The fraction of sp³-hybridized carbons (Fsp3) is 0.200. The maximum absolute atomic E-state index is 6.08. The molecule has 0 aliphatic carbocycles. The van der Waals surface area contributed by atoms with Crippen molar-refractivity contribution in [1.29, 1.82) is 0 Å². The van der Waals surface area contributed by atoms with E-state index < -0.39 is 0 Å². The molecule has 1 heterocycles. The van der Waals surface area contributed by atoms with Gasteiger partial charge in [0.25, 0.3) is 0 Å². The average molecular weight is 292 g/mol. The van der Waals surface area contributed by atoms with Gasteiger partial charge in [-0.3, -0.25) is 0 Å². The van der Waals surface area contributed by atoms with Crippen molar-refractivity contribution in [2.45, 2.75) is 16.6 Å². The van der Waals surface area contributed by atoms with Crippen molar-refractivity contribution < 1.29 is 4.74 Å². The first-order valence-corrected chi connectivity index (χ1v) is 7.40. The molecule has 0 fully saturated rings. The van der Waals surface area contributed by atoms with E-state index in [0.717, 1.165) is 6.42 Å². The molecule has 1 aliphatic rings. The molecule has 0 radical (unpaired) electrons. The van der Waals surface area contributed by atoms with Crippen LogP contribution in [0.5, 0.6) is 5.75 Å². The Labute approximate surface area is 121 Å². The van der Waals surface area contributed by atoms with E-state index in [-0.39, 0.29) is 0 Å². The van der Waals surface area contributed by atoms with Crippen LogP contribution in [0.25, 0.3) is 0 Å². The number of nitrogens with two attached hydrogens (primary N) is 1. The zero-order valence-electron chi connectivity index (χ0n) is 10.3. The minimum atomic E-state index is 0.440. The molecule has 0 spiro atoms. The van der Waals surface area contributed by atoms with E-state index in [4.69, 9.17) is 22.1 Å². The van der Waals surface area contributed by atoms with Gasteiger partial charge in [-0.25, -0.2) is 0 Å². The fourth-order valence-corrected chi connectivity index (χ4v) is 3.55. The van der Waals surface area contributed by atoms with Gasteiger partial charge < -0.3 is 10.5 Å². The van der Waals surface area contributed by atoms with E-state index in [9.17, 15) is 0 Å². The van der Waals surface area contributed by atoms with Crippen LogP contribution in [0, 0.1) is 0 Å². The molecule has 0 aromatic heterocycles. The van der Waals surface area contributed by atoms with Crippen molar-refractivity contribution in [3.8, 4) is 5.75 Å². The first kappa shape index (κ1) is 12.7. The number of rotatable bonds is 3. The Morgan fingerprint density at radius 1 is 1.26 bits per heavy atom. The molecule has 0 amide bonds. The van der Waals surface area contributed by atoms with Crippen molar-refractivity contribution in [3.05, 3.63) is 53.1 Å². The van der Waals surface area contributed by atoms with Crippen LogP contribution >= 0.6 is 23.4 Å². The molecular formula is C15H14ClNOS. The molecule has 98 valence electrons. The molecule has 2 nitrogen and oxygen atoms in total. The van der Waals surface area contributed by atoms with Gasteiger partial charge in [-0.05, 0) is 30.2 Å². The summed E-state index contributed by atoms with van der Waals surface area (Å²) in [5.41, 5.74) is 7.81. The van der Waals surface area contributed by atoms with Crippen LogP contribution in [0.2, 0.25) is 5.02 Å². The number of nitrogen functional groups attached to an aromatic ring is 1. The zero-order valence-corrected chi connectivity index (χ0v) is 11.9. The highest BCUT2D eigenvalue weighted by molar-refractivity contribution is 8.00. The van der Waals surface area contributed by atoms with Crippen LogP contribution in [0.4, 0.5) is 5.69 Å². The normalized spacial score (nSPS) is 17.2. The van der Waals surface area contributed by atoms with Gasteiger partial charge >= 0.3 is 0 Å². The Balaban J connectivity index is 1.64. The summed E-state index contributed by atoms with van der Waals surface area (Å²) in [5.74, 6) is 0.665. The molecule has 2 aromatic rings. The third kappa shape index (κ3) is 2.82. The van der Waals surface area contributed by atoms with E-state index >= 15 is 0 Å². The molecule has 2 aromatic carbocycles. The Morgan fingerprint density at radius 3 is 2.95 bits per heavy atom. The summed E-state index contributed by atoms with van der Waals surface area (Å²) in [6.07, 6.45) is 1.04. The molecule has 1 aliphatic heterocycles. The summed E-state index contributed by atoms with van der Waals surface area (Å²) in [4.78, 5) is 1.36. The van der Waals surface area contributed by atoms with E-state index in [1.54, 1.807) is 18.2 Å². The molecule has 3 rings (SSSR count). The lowest BCUT2D eigenvalue weighted by Crippen LogP contribution is -2.13. The Kier molecular flexibility index (Phi) is 3.58. The third-order valence-corrected chi connectivity index (χ3v) is 4.69. The molecule has 2 N–H and O–H groups in total. The first-order valence-electron chi connectivity index (χ1n) is 6.15. The van der Waals surface area contributed by atoms with Gasteiger partial charge in [0.05, 0.1) is 5.02 Å². The number of hydrogen-bond donors (Lipinski definition) is 1. The van der Waals surface area contributed by atoms with Crippen molar-refractivity contribution in [3.63, 3.8) is 0 Å². The van der Waals surface area contributed by atoms with Gasteiger partial charge in [0.2, 0.25) is 0 Å². The summed E-state index contributed by atoms with van der Waals surface area (Å²) in [7, 11) is 0. The van der Waals surface area contributed by atoms with Gasteiger partial charge in [-0.2, -0.15) is 0 Å². The van der Waals surface area contributed by atoms with Crippen LogP contribution in [0.15, 0.2) is 47.4 Å². The van der Waals surface area contributed by atoms with Gasteiger partial charge in [-0.1, -0.05) is 29.8 Å². The number of fused-ring (bicyclic) bond motifs is 1. The average Bonchev–Trinajstić information content (AvgIpc) is 2.82. The Morgan fingerprint density at radius 2 is 2.11 bits per heavy atom. The lowest BCUT2D eigenvalue weighted by molar-refractivity contribution is 0.318. The molecule has 1 atom stereocenters. The number of hydrogen-bond acceptors (Lipinski definition) is 3. The first-order chi connectivity index (χ1) is 9.22. The molecule has 0 bridgehead atoms. The highest BCUT2D eigenvalue weighted by atomic mass is 35.5. The third-order valence-electron chi connectivity index (χ3n) is 3.09. The Bertz CT molecular complexity index is 577. The minimum Gasteiger partial charge on any atom is -0.491 e. The van der Waals surface area contributed by atoms with Crippen LogP contribution in [0.3, 0.4) is 0 Å². The van der Waals surface area contributed by atoms with Crippen molar-refractivity contribution in [2.24, 2.45) is 0 Å². The lowest BCUT2D eigenvalue weighted by Gasteiger charge is -2.12. The highest BCUT2D eigenvalue weighted by Crippen LogP contribution is 2.37. The smallest absolute Gasteiger partial charge is 0.139 e. The van der Waals surface area contributed by atoms with Crippen molar-refractivity contribution >= 4 is 29.1 Å². The van der Waals surface area contributed by atoms with Crippen LogP contribution in [-0.2, 0) is 6.42 Å². The number of benzene rings is 2. The zero-order chi connectivity index (χ0) is 13.2. The van der Waals surface area contributed by atoms with Crippen molar-refractivity contribution in [2.75, 3.05) is 12.3 Å². The van der Waals surface area contributed by atoms with Gasteiger partial charge in [0, 0.05) is 21.9 Å². The highest BCUT2D eigenvalue weighted by Gasteiger charge is 2.22. The lowest BCUT2D eigenvalue weighted by atomic mass is 10.1.